The van der Waals surface area contributed by atoms with Gasteiger partial charge in [-0.25, -0.2) is 0 Å². The summed E-state index contributed by atoms with van der Waals surface area (Å²) in [5, 5.41) is 0.899. The Balaban J connectivity index is 2.00. The van der Waals surface area contributed by atoms with Gasteiger partial charge in [-0.05, 0) is 32.0 Å². The van der Waals surface area contributed by atoms with E-state index in [1.807, 2.05) is 38.1 Å². The van der Waals surface area contributed by atoms with E-state index in [1.54, 1.807) is 19.1 Å². The molecule has 1 aromatic carbocycles. The van der Waals surface area contributed by atoms with Gasteiger partial charge in [-0.3, -0.25) is 9.78 Å². The molecule has 1 aliphatic rings. The van der Waals surface area contributed by atoms with Crippen molar-refractivity contribution < 1.29 is 14.3 Å². The third-order valence-corrected chi connectivity index (χ3v) is 4.43. The normalized spacial score (nSPS) is 21.1. The Morgan fingerprint density at radius 2 is 1.78 bits per heavy atom. The first-order valence-electron chi connectivity index (χ1n) is 7.76. The van der Waals surface area contributed by atoms with E-state index in [4.69, 9.17) is 9.47 Å². The smallest absolute Gasteiger partial charge is 0.254 e. The van der Waals surface area contributed by atoms with Crippen molar-refractivity contribution in [2.24, 2.45) is 0 Å². The molecule has 2 heterocycles. The van der Waals surface area contributed by atoms with Crippen LogP contribution in [0.2, 0.25) is 0 Å². The summed E-state index contributed by atoms with van der Waals surface area (Å²) in [7, 11) is 3.31. The average molecular weight is 314 g/mol. The second-order valence-corrected chi connectivity index (χ2v) is 6.09. The Hall–Kier alpha value is -1.98. The molecule has 5 nitrogen and oxygen atoms in total. The summed E-state index contributed by atoms with van der Waals surface area (Å²) in [6, 6.07) is 7.87. The number of carbonyl (C=O) groups excluding carboxylic acids is 1. The van der Waals surface area contributed by atoms with Gasteiger partial charge in [0, 0.05) is 38.4 Å². The van der Waals surface area contributed by atoms with Gasteiger partial charge in [-0.15, -0.1) is 0 Å². The number of methoxy groups -OCH3 is 2. The lowest BCUT2D eigenvalue weighted by Gasteiger charge is -2.17. The quantitative estimate of drug-likeness (QED) is 0.872. The van der Waals surface area contributed by atoms with E-state index in [0.29, 0.717) is 18.7 Å². The van der Waals surface area contributed by atoms with Crippen LogP contribution in [0.1, 0.15) is 21.6 Å². The Morgan fingerprint density at radius 1 is 1.13 bits per heavy atom. The van der Waals surface area contributed by atoms with Crippen LogP contribution in [0.5, 0.6) is 0 Å². The van der Waals surface area contributed by atoms with E-state index in [0.717, 1.165) is 22.2 Å². The molecule has 3 rings (SSSR count). The van der Waals surface area contributed by atoms with E-state index in [-0.39, 0.29) is 18.1 Å². The van der Waals surface area contributed by atoms with Gasteiger partial charge in [-0.2, -0.15) is 0 Å². The van der Waals surface area contributed by atoms with Gasteiger partial charge in [0.2, 0.25) is 0 Å². The Bertz CT molecular complexity index is 732. The second-order valence-electron chi connectivity index (χ2n) is 6.09. The number of aromatic nitrogens is 1. The zero-order chi connectivity index (χ0) is 16.6. The lowest BCUT2D eigenvalue weighted by Crippen LogP contribution is -2.30. The number of pyridine rings is 1. The molecule has 1 aromatic heterocycles. The molecule has 1 saturated heterocycles. The van der Waals surface area contributed by atoms with Crippen molar-refractivity contribution in [1.82, 2.24) is 9.88 Å². The first kappa shape index (κ1) is 15.9. The van der Waals surface area contributed by atoms with Crippen molar-refractivity contribution in [1.29, 1.82) is 0 Å². The topological polar surface area (TPSA) is 51.7 Å². The molecular weight excluding hydrogens is 292 g/mol. The van der Waals surface area contributed by atoms with Gasteiger partial charge < -0.3 is 14.4 Å². The largest absolute Gasteiger partial charge is 0.377 e. The van der Waals surface area contributed by atoms with E-state index < -0.39 is 0 Å². The number of rotatable bonds is 3. The van der Waals surface area contributed by atoms with Gasteiger partial charge in [-0.1, -0.05) is 11.6 Å². The minimum atomic E-state index is -0.0834. The van der Waals surface area contributed by atoms with Crippen molar-refractivity contribution in [3.63, 3.8) is 0 Å². The molecule has 2 aromatic rings. The number of aryl methyl sites for hydroxylation is 2. The van der Waals surface area contributed by atoms with Crippen LogP contribution in [0.25, 0.3) is 10.9 Å². The number of hydrogen-bond acceptors (Lipinski definition) is 4. The summed E-state index contributed by atoms with van der Waals surface area (Å²) >= 11 is 0. The zero-order valence-corrected chi connectivity index (χ0v) is 14.0. The highest BCUT2D eigenvalue weighted by Crippen LogP contribution is 2.24. The average Bonchev–Trinajstić information content (AvgIpc) is 2.97. The van der Waals surface area contributed by atoms with Gasteiger partial charge >= 0.3 is 0 Å². The molecule has 122 valence electrons. The van der Waals surface area contributed by atoms with E-state index in [1.165, 1.54) is 0 Å². The number of benzene rings is 1. The van der Waals surface area contributed by atoms with Crippen molar-refractivity contribution in [2.45, 2.75) is 26.1 Å². The number of hydrogen-bond donors (Lipinski definition) is 0. The lowest BCUT2D eigenvalue weighted by atomic mass is 10.0. The molecule has 0 aliphatic carbocycles. The fraction of sp³-hybridized carbons (Fsp3) is 0.444. The lowest BCUT2D eigenvalue weighted by molar-refractivity contribution is -0.00461. The predicted molar refractivity (Wildman–Crippen MR) is 88.7 cm³/mol. The number of likely N-dealkylation sites (tertiary alicyclic amines) is 1. The second kappa shape index (κ2) is 6.26. The predicted octanol–water partition coefficient (Wildman–Crippen LogP) is 2.34. The number of ether oxygens (including phenoxy) is 2. The summed E-state index contributed by atoms with van der Waals surface area (Å²) < 4.78 is 10.9. The van der Waals surface area contributed by atoms with Crippen molar-refractivity contribution in [3.05, 3.63) is 41.1 Å². The highest BCUT2D eigenvalue weighted by molar-refractivity contribution is 6.06. The standard InChI is InChI=1S/C18H22N2O3/c1-11-5-6-15-13(7-11)14(8-12(2)19-15)18(21)20-9-16(22-3)17(10-20)23-4/h5-8,16-17H,9-10H2,1-4H3/t16-,17+. The number of carbonyl (C=O) groups is 1. The molecule has 0 spiro atoms. The first-order chi connectivity index (χ1) is 11.0. The van der Waals surface area contributed by atoms with Crippen molar-refractivity contribution in [3.8, 4) is 0 Å². The highest BCUT2D eigenvalue weighted by Gasteiger charge is 2.36. The molecule has 5 heteroatoms. The number of amides is 1. The maximum absolute atomic E-state index is 13.0. The van der Waals surface area contributed by atoms with Crippen LogP contribution in [0, 0.1) is 13.8 Å². The minimum Gasteiger partial charge on any atom is -0.377 e. The Morgan fingerprint density at radius 3 is 2.39 bits per heavy atom. The number of nitrogens with zero attached hydrogens (tertiary/aromatic N) is 2. The van der Waals surface area contributed by atoms with Crippen LogP contribution in [0.3, 0.4) is 0 Å². The Kier molecular flexibility index (Phi) is 4.33. The first-order valence-corrected chi connectivity index (χ1v) is 7.76. The maximum atomic E-state index is 13.0. The summed E-state index contributed by atoms with van der Waals surface area (Å²) in [5.74, 6) is 0.00713. The number of fused-ring (bicyclic) bond motifs is 1. The fourth-order valence-electron chi connectivity index (χ4n) is 3.18. The SMILES string of the molecule is CO[C@H]1CN(C(=O)c2cc(C)nc3ccc(C)cc23)C[C@H]1OC. The molecular formula is C18H22N2O3. The van der Waals surface area contributed by atoms with Gasteiger partial charge in [0.1, 0.15) is 12.2 Å². The van der Waals surface area contributed by atoms with Gasteiger partial charge in [0.05, 0.1) is 11.1 Å². The summed E-state index contributed by atoms with van der Waals surface area (Å²) in [6.45, 7) is 5.02. The molecule has 0 radical (unpaired) electrons. The molecule has 1 amide bonds. The Labute approximate surface area is 136 Å². The van der Waals surface area contributed by atoms with Crippen LogP contribution < -0.4 is 0 Å². The summed E-state index contributed by atoms with van der Waals surface area (Å²) in [4.78, 5) is 19.4. The molecule has 0 unspecified atom stereocenters. The molecule has 0 bridgehead atoms. The van der Waals surface area contributed by atoms with Gasteiger partial charge in [0.15, 0.2) is 0 Å². The minimum absolute atomic E-state index is 0.00713. The molecule has 0 saturated carbocycles. The van der Waals surface area contributed by atoms with Crippen LogP contribution in [-0.4, -0.2) is 55.3 Å². The van der Waals surface area contributed by atoms with Crippen molar-refractivity contribution >= 4 is 16.8 Å². The van der Waals surface area contributed by atoms with Crippen LogP contribution in [0.15, 0.2) is 24.3 Å². The zero-order valence-electron chi connectivity index (χ0n) is 14.0. The van der Waals surface area contributed by atoms with Crippen LogP contribution >= 0.6 is 0 Å². The van der Waals surface area contributed by atoms with E-state index >= 15 is 0 Å². The van der Waals surface area contributed by atoms with Crippen molar-refractivity contribution in [2.75, 3.05) is 27.3 Å². The highest BCUT2D eigenvalue weighted by atomic mass is 16.5. The van der Waals surface area contributed by atoms with Gasteiger partial charge in [0.25, 0.3) is 5.91 Å². The van der Waals surface area contributed by atoms with Crippen LogP contribution in [-0.2, 0) is 9.47 Å². The summed E-state index contributed by atoms with van der Waals surface area (Å²) in [6.07, 6.45) is -0.167. The van der Waals surface area contributed by atoms with E-state index in [2.05, 4.69) is 4.98 Å². The molecule has 23 heavy (non-hydrogen) atoms. The molecule has 0 N–H and O–H groups in total. The molecule has 1 aliphatic heterocycles. The molecule has 2 atom stereocenters. The van der Waals surface area contributed by atoms with E-state index in [9.17, 15) is 4.79 Å². The third kappa shape index (κ3) is 2.94. The summed E-state index contributed by atoms with van der Waals surface area (Å²) in [5.41, 5.74) is 3.51. The monoisotopic (exact) mass is 314 g/mol. The fourth-order valence-corrected chi connectivity index (χ4v) is 3.18. The molecule has 1 fully saturated rings. The third-order valence-electron chi connectivity index (χ3n) is 4.43. The maximum Gasteiger partial charge on any atom is 0.254 e. The van der Waals surface area contributed by atoms with Crippen LogP contribution in [0.4, 0.5) is 0 Å².